The lowest BCUT2D eigenvalue weighted by Gasteiger charge is -2.25. The molecule has 1 aliphatic heterocycles. The van der Waals surface area contributed by atoms with E-state index in [1.807, 2.05) is 19.1 Å². The van der Waals surface area contributed by atoms with Crippen LogP contribution < -0.4 is 10.6 Å². The molecule has 0 bridgehead atoms. The summed E-state index contributed by atoms with van der Waals surface area (Å²) in [7, 11) is -2.94. The summed E-state index contributed by atoms with van der Waals surface area (Å²) in [5.74, 6) is 0.965. The lowest BCUT2D eigenvalue weighted by Crippen LogP contribution is -2.48. The summed E-state index contributed by atoms with van der Waals surface area (Å²) in [6.45, 7) is 1.87. The molecule has 0 aromatic carbocycles. The lowest BCUT2D eigenvalue weighted by atomic mass is 10.0. The van der Waals surface area contributed by atoms with Gasteiger partial charge in [0.25, 0.3) is 0 Å². The predicted octanol–water partition coefficient (Wildman–Crippen LogP) is 0.945. The van der Waals surface area contributed by atoms with E-state index < -0.39 is 15.4 Å². The third-order valence-corrected chi connectivity index (χ3v) is 4.93. The SMILES string of the molecule is C[C@@]1(NC(=S)Nc2ccccn2)CCS(=O)(=O)C1. The monoisotopic (exact) mass is 285 g/mol. The molecule has 1 atom stereocenters. The summed E-state index contributed by atoms with van der Waals surface area (Å²) in [5.41, 5.74) is -0.488. The maximum absolute atomic E-state index is 11.5. The second kappa shape index (κ2) is 4.81. The summed E-state index contributed by atoms with van der Waals surface area (Å²) >= 11 is 5.16. The van der Waals surface area contributed by atoms with Gasteiger partial charge in [0.05, 0.1) is 17.0 Å². The summed E-state index contributed by atoms with van der Waals surface area (Å²) in [5, 5.41) is 6.39. The molecule has 1 aromatic heterocycles. The van der Waals surface area contributed by atoms with Crippen LogP contribution >= 0.6 is 12.2 Å². The van der Waals surface area contributed by atoms with Crippen LogP contribution in [0.25, 0.3) is 0 Å². The Hall–Kier alpha value is -1.21. The van der Waals surface area contributed by atoms with Crippen molar-refractivity contribution in [1.82, 2.24) is 10.3 Å². The Balaban J connectivity index is 1.96. The molecular formula is C11H15N3O2S2. The van der Waals surface area contributed by atoms with Gasteiger partial charge in [0.1, 0.15) is 5.82 Å². The van der Waals surface area contributed by atoms with E-state index >= 15 is 0 Å². The van der Waals surface area contributed by atoms with Gasteiger partial charge >= 0.3 is 0 Å². The van der Waals surface area contributed by atoms with Crippen LogP contribution in [0.3, 0.4) is 0 Å². The first kappa shape index (κ1) is 13.2. The van der Waals surface area contributed by atoms with E-state index in [2.05, 4.69) is 15.6 Å². The Morgan fingerprint density at radius 1 is 1.50 bits per heavy atom. The number of sulfone groups is 1. The molecule has 0 unspecified atom stereocenters. The number of rotatable bonds is 2. The van der Waals surface area contributed by atoms with Crippen molar-refractivity contribution in [3.63, 3.8) is 0 Å². The van der Waals surface area contributed by atoms with Crippen LogP contribution in [0.5, 0.6) is 0 Å². The van der Waals surface area contributed by atoms with Gasteiger partial charge in [0.2, 0.25) is 0 Å². The summed E-state index contributed by atoms with van der Waals surface area (Å²) < 4.78 is 22.9. The molecule has 1 saturated heterocycles. The maximum Gasteiger partial charge on any atom is 0.172 e. The number of thiocarbonyl (C=S) groups is 1. The van der Waals surface area contributed by atoms with Crippen LogP contribution in [-0.4, -0.2) is 35.6 Å². The summed E-state index contributed by atoms with van der Waals surface area (Å²) in [4.78, 5) is 4.09. The van der Waals surface area contributed by atoms with E-state index in [4.69, 9.17) is 12.2 Å². The molecular weight excluding hydrogens is 270 g/mol. The molecule has 2 N–H and O–H groups in total. The van der Waals surface area contributed by atoms with Crippen LogP contribution in [0.1, 0.15) is 13.3 Å². The number of nitrogens with zero attached hydrogens (tertiary/aromatic N) is 1. The predicted molar refractivity (Wildman–Crippen MR) is 75.3 cm³/mol. The molecule has 2 rings (SSSR count). The van der Waals surface area contributed by atoms with Gasteiger partial charge in [-0.15, -0.1) is 0 Å². The molecule has 7 heteroatoms. The highest BCUT2D eigenvalue weighted by molar-refractivity contribution is 7.91. The van der Waals surface area contributed by atoms with Crippen LogP contribution in [0.2, 0.25) is 0 Å². The van der Waals surface area contributed by atoms with Gasteiger partial charge in [-0.05, 0) is 37.7 Å². The van der Waals surface area contributed by atoms with E-state index in [0.717, 1.165) is 0 Å². The number of pyridine rings is 1. The lowest BCUT2D eigenvalue weighted by molar-refractivity contribution is 0.474. The number of aromatic nitrogens is 1. The second-order valence-electron chi connectivity index (χ2n) is 4.70. The third kappa shape index (κ3) is 3.39. The number of nitrogens with one attached hydrogen (secondary N) is 2. The normalized spacial score (nSPS) is 25.6. The molecule has 0 spiro atoms. The van der Waals surface area contributed by atoms with Gasteiger partial charge in [0, 0.05) is 6.20 Å². The highest BCUT2D eigenvalue weighted by Crippen LogP contribution is 2.22. The van der Waals surface area contributed by atoms with Crippen LogP contribution in [0.15, 0.2) is 24.4 Å². The molecule has 0 saturated carbocycles. The van der Waals surface area contributed by atoms with E-state index in [1.54, 1.807) is 12.3 Å². The largest absolute Gasteiger partial charge is 0.356 e. The van der Waals surface area contributed by atoms with Gasteiger partial charge in [0.15, 0.2) is 14.9 Å². The molecule has 1 fully saturated rings. The fourth-order valence-electron chi connectivity index (χ4n) is 1.97. The number of hydrogen-bond acceptors (Lipinski definition) is 4. The van der Waals surface area contributed by atoms with Crippen molar-refractivity contribution in [2.45, 2.75) is 18.9 Å². The van der Waals surface area contributed by atoms with Gasteiger partial charge in [-0.3, -0.25) is 0 Å². The van der Waals surface area contributed by atoms with E-state index in [1.165, 1.54) is 0 Å². The zero-order valence-corrected chi connectivity index (χ0v) is 11.6. The van der Waals surface area contributed by atoms with Gasteiger partial charge in [-0.2, -0.15) is 0 Å². The molecule has 5 nitrogen and oxygen atoms in total. The van der Waals surface area contributed by atoms with Crippen molar-refractivity contribution < 1.29 is 8.42 Å². The zero-order valence-electron chi connectivity index (χ0n) is 10.0. The standard InChI is InChI=1S/C11H15N3O2S2/c1-11(5-7-18(15,16)8-11)14-10(17)13-9-4-2-3-6-12-9/h2-4,6H,5,7-8H2,1H3,(H2,12,13,14,17)/t11-/m1/s1. The smallest absolute Gasteiger partial charge is 0.172 e. The van der Waals surface area contributed by atoms with E-state index in [0.29, 0.717) is 17.4 Å². The first-order valence-electron chi connectivity index (χ1n) is 5.59. The third-order valence-electron chi connectivity index (χ3n) is 2.83. The van der Waals surface area contributed by atoms with Crippen LogP contribution in [0, 0.1) is 0 Å². The number of anilines is 1. The van der Waals surface area contributed by atoms with Crippen molar-refractivity contribution >= 4 is 33.0 Å². The summed E-state index contributed by atoms with van der Waals surface area (Å²) in [6, 6.07) is 5.45. The minimum Gasteiger partial charge on any atom is -0.356 e. The molecule has 1 aromatic rings. The molecule has 1 aliphatic rings. The minimum atomic E-state index is -2.94. The first-order chi connectivity index (χ1) is 8.39. The molecule has 0 aliphatic carbocycles. The van der Waals surface area contributed by atoms with Crippen molar-refractivity contribution in [2.24, 2.45) is 0 Å². The molecule has 18 heavy (non-hydrogen) atoms. The Labute approximate surface area is 112 Å². The Bertz CT molecular complexity index is 545. The maximum atomic E-state index is 11.5. The van der Waals surface area contributed by atoms with Crippen molar-refractivity contribution in [3.8, 4) is 0 Å². The van der Waals surface area contributed by atoms with Gasteiger partial charge < -0.3 is 10.6 Å². The van der Waals surface area contributed by atoms with Crippen molar-refractivity contribution in [3.05, 3.63) is 24.4 Å². The quantitative estimate of drug-likeness (QED) is 0.788. The van der Waals surface area contributed by atoms with E-state index in [9.17, 15) is 8.42 Å². The Morgan fingerprint density at radius 3 is 2.83 bits per heavy atom. The van der Waals surface area contributed by atoms with Crippen molar-refractivity contribution in [2.75, 3.05) is 16.8 Å². The van der Waals surface area contributed by atoms with Gasteiger partial charge in [-0.25, -0.2) is 13.4 Å². The van der Waals surface area contributed by atoms with Crippen LogP contribution in [0.4, 0.5) is 5.82 Å². The summed E-state index contributed by atoms with van der Waals surface area (Å²) in [6.07, 6.45) is 2.23. The highest BCUT2D eigenvalue weighted by Gasteiger charge is 2.38. The molecule has 0 radical (unpaired) electrons. The average Bonchev–Trinajstić information content (AvgIpc) is 2.53. The topological polar surface area (TPSA) is 71.1 Å². The Morgan fingerprint density at radius 2 is 2.28 bits per heavy atom. The molecule has 0 amide bonds. The second-order valence-corrected chi connectivity index (χ2v) is 7.29. The van der Waals surface area contributed by atoms with E-state index in [-0.39, 0.29) is 11.5 Å². The minimum absolute atomic E-state index is 0.115. The Kier molecular flexibility index (Phi) is 3.54. The fourth-order valence-corrected chi connectivity index (χ4v) is 4.41. The molecule has 98 valence electrons. The first-order valence-corrected chi connectivity index (χ1v) is 7.82. The fraction of sp³-hybridized carbons (Fsp3) is 0.455. The number of hydrogen-bond donors (Lipinski definition) is 2. The average molecular weight is 285 g/mol. The zero-order chi connectivity index (χ0) is 13.2. The van der Waals surface area contributed by atoms with Gasteiger partial charge in [-0.1, -0.05) is 6.07 Å². The van der Waals surface area contributed by atoms with Crippen molar-refractivity contribution in [1.29, 1.82) is 0 Å². The van der Waals surface area contributed by atoms with Crippen LogP contribution in [-0.2, 0) is 9.84 Å². The highest BCUT2D eigenvalue weighted by atomic mass is 32.2. The molecule has 2 heterocycles.